The van der Waals surface area contributed by atoms with Crippen LogP contribution in [0.25, 0.3) is 0 Å². The summed E-state index contributed by atoms with van der Waals surface area (Å²) in [5, 5.41) is 11.2. The molecule has 0 bridgehead atoms. The summed E-state index contributed by atoms with van der Waals surface area (Å²) in [4.78, 5) is 22.1. The average molecular weight is 311 g/mol. The van der Waals surface area contributed by atoms with Gasteiger partial charge in [0, 0.05) is 5.56 Å². The first-order chi connectivity index (χ1) is 10.3. The molecule has 1 saturated carbocycles. The number of aliphatic carboxylic acids is 1. The van der Waals surface area contributed by atoms with E-state index in [1.54, 1.807) is 0 Å². The molecule has 0 unspecified atom stereocenters. The van der Waals surface area contributed by atoms with E-state index in [1.807, 2.05) is 0 Å². The van der Waals surface area contributed by atoms with E-state index in [1.165, 1.54) is 12.1 Å². The Bertz CT molecular complexity index is 641. The van der Waals surface area contributed by atoms with E-state index in [9.17, 15) is 22.8 Å². The van der Waals surface area contributed by atoms with Gasteiger partial charge in [-0.25, -0.2) is 0 Å². The number of rotatable bonds is 3. The normalized spacial score (nSPS) is 19.8. The van der Waals surface area contributed by atoms with E-state index in [0.717, 1.165) is 12.1 Å². The predicted octanol–water partition coefficient (Wildman–Crippen LogP) is 1.89. The summed E-state index contributed by atoms with van der Waals surface area (Å²) < 4.78 is 37.1. The van der Waals surface area contributed by atoms with Crippen molar-refractivity contribution in [3.05, 3.63) is 35.4 Å². The highest BCUT2D eigenvalue weighted by Crippen LogP contribution is 2.38. The maximum Gasteiger partial charge on any atom is 0.416 e. The van der Waals surface area contributed by atoms with Crippen molar-refractivity contribution >= 4 is 11.9 Å². The van der Waals surface area contributed by atoms with Gasteiger partial charge in [0.2, 0.25) is 5.91 Å². The SMILES string of the molecule is O=C(NCC#Cc1ccc(C(F)(F)F)cc1)[C@H]1C[C@H]1C(=O)O. The van der Waals surface area contributed by atoms with Gasteiger partial charge in [0.25, 0.3) is 0 Å². The summed E-state index contributed by atoms with van der Waals surface area (Å²) in [6, 6.07) is 4.37. The monoisotopic (exact) mass is 311 g/mol. The number of carboxylic acids is 1. The largest absolute Gasteiger partial charge is 0.481 e. The van der Waals surface area contributed by atoms with Gasteiger partial charge in [-0.1, -0.05) is 11.8 Å². The second-order valence-electron chi connectivity index (χ2n) is 4.88. The molecule has 0 aliphatic heterocycles. The molecule has 1 aliphatic carbocycles. The standard InChI is InChI=1S/C15H12F3NO3/c16-15(17,18)10-5-3-9(4-6-10)2-1-7-19-13(20)11-8-12(11)14(21)22/h3-6,11-12H,7-8H2,(H,19,20)(H,21,22)/t11-,12+/m0/s1. The van der Waals surface area contributed by atoms with Crippen LogP contribution < -0.4 is 5.32 Å². The average Bonchev–Trinajstić information content (AvgIpc) is 3.23. The molecule has 0 saturated heterocycles. The zero-order valence-corrected chi connectivity index (χ0v) is 11.3. The fourth-order valence-corrected chi connectivity index (χ4v) is 1.91. The van der Waals surface area contributed by atoms with Crippen LogP contribution in [-0.4, -0.2) is 23.5 Å². The summed E-state index contributed by atoms with van der Waals surface area (Å²) >= 11 is 0. The lowest BCUT2D eigenvalue weighted by Crippen LogP contribution is -2.26. The van der Waals surface area contributed by atoms with Gasteiger partial charge in [-0.2, -0.15) is 13.2 Å². The van der Waals surface area contributed by atoms with Crippen molar-refractivity contribution in [2.24, 2.45) is 11.8 Å². The molecule has 1 aliphatic rings. The molecule has 1 aromatic rings. The van der Waals surface area contributed by atoms with E-state index < -0.39 is 29.5 Å². The first-order valence-electron chi connectivity index (χ1n) is 6.45. The number of halogens is 3. The topological polar surface area (TPSA) is 66.4 Å². The van der Waals surface area contributed by atoms with E-state index in [-0.39, 0.29) is 12.5 Å². The number of carbonyl (C=O) groups is 2. The molecule has 1 aromatic carbocycles. The lowest BCUT2D eigenvalue weighted by molar-refractivity contribution is -0.140. The van der Waals surface area contributed by atoms with Crippen LogP contribution in [0.2, 0.25) is 0 Å². The van der Waals surface area contributed by atoms with Crippen molar-refractivity contribution in [2.75, 3.05) is 6.54 Å². The maximum absolute atomic E-state index is 12.4. The van der Waals surface area contributed by atoms with Gasteiger partial charge < -0.3 is 10.4 Å². The summed E-state index contributed by atoms with van der Waals surface area (Å²) in [5.41, 5.74) is -0.350. The summed E-state index contributed by atoms with van der Waals surface area (Å²) in [6.07, 6.45) is -4.06. The smallest absolute Gasteiger partial charge is 0.416 e. The number of benzene rings is 1. The van der Waals surface area contributed by atoms with Gasteiger partial charge in [-0.05, 0) is 30.7 Å². The number of carbonyl (C=O) groups excluding carboxylic acids is 1. The fourth-order valence-electron chi connectivity index (χ4n) is 1.91. The van der Waals surface area contributed by atoms with Crippen molar-refractivity contribution < 1.29 is 27.9 Å². The molecule has 1 amide bonds. The van der Waals surface area contributed by atoms with Gasteiger partial charge >= 0.3 is 12.1 Å². The van der Waals surface area contributed by atoms with Crippen LogP contribution >= 0.6 is 0 Å². The summed E-state index contributed by atoms with van der Waals surface area (Å²) in [7, 11) is 0. The number of carboxylic acid groups (broad SMARTS) is 1. The molecule has 2 N–H and O–H groups in total. The summed E-state index contributed by atoms with van der Waals surface area (Å²) in [5.74, 6) is 2.74. The quantitative estimate of drug-likeness (QED) is 0.838. The lowest BCUT2D eigenvalue weighted by Gasteiger charge is -2.05. The number of hydrogen-bond donors (Lipinski definition) is 2. The van der Waals surface area contributed by atoms with Gasteiger partial charge in [0.1, 0.15) is 0 Å². The van der Waals surface area contributed by atoms with Crippen LogP contribution in [0.5, 0.6) is 0 Å². The number of hydrogen-bond acceptors (Lipinski definition) is 2. The van der Waals surface area contributed by atoms with Gasteiger partial charge in [0.15, 0.2) is 0 Å². The zero-order chi connectivity index (χ0) is 16.3. The molecular formula is C15H12F3NO3. The van der Waals surface area contributed by atoms with Gasteiger partial charge in [-0.3, -0.25) is 9.59 Å². The van der Waals surface area contributed by atoms with Crippen molar-refractivity contribution in [3.63, 3.8) is 0 Å². The Morgan fingerprint density at radius 2 is 1.86 bits per heavy atom. The van der Waals surface area contributed by atoms with Crippen LogP contribution in [-0.2, 0) is 15.8 Å². The van der Waals surface area contributed by atoms with E-state index in [0.29, 0.717) is 12.0 Å². The fraction of sp³-hybridized carbons (Fsp3) is 0.333. The van der Waals surface area contributed by atoms with Crippen LogP contribution in [0.3, 0.4) is 0 Å². The summed E-state index contributed by atoms with van der Waals surface area (Å²) in [6.45, 7) is 0.0166. The Morgan fingerprint density at radius 3 is 2.36 bits per heavy atom. The Kier molecular flexibility index (Phi) is 4.40. The highest BCUT2D eigenvalue weighted by atomic mass is 19.4. The first kappa shape index (κ1) is 15.9. The second kappa shape index (κ2) is 6.10. The van der Waals surface area contributed by atoms with E-state index >= 15 is 0 Å². The van der Waals surface area contributed by atoms with Crippen LogP contribution in [0.4, 0.5) is 13.2 Å². The molecule has 4 nitrogen and oxygen atoms in total. The molecule has 0 heterocycles. The Balaban J connectivity index is 1.82. The van der Waals surface area contributed by atoms with Crippen LogP contribution in [0, 0.1) is 23.7 Å². The van der Waals surface area contributed by atoms with Crippen LogP contribution in [0.1, 0.15) is 17.5 Å². The van der Waals surface area contributed by atoms with Crippen molar-refractivity contribution in [2.45, 2.75) is 12.6 Å². The second-order valence-corrected chi connectivity index (χ2v) is 4.88. The minimum Gasteiger partial charge on any atom is -0.481 e. The molecule has 0 aromatic heterocycles. The Labute approximate surface area is 124 Å². The minimum absolute atomic E-state index is 0.0166. The molecule has 7 heteroatoms. The number of alkyl halides is 3. The van der Waals surface area contributed by atoms with Crippen LogP contribution in [0.15, 0.2) is 24.3 Å². The molecule has 22 heavy (non-hydrogen) atoms. The third kappa shape index (κ3) is 4.01. The zero-order valence-electron chi connectivity index (χ0n) is 11.3. The minimum atomic E-state index is -4.38. The van der Waals surface area contributed by atoms with Gasteiger partial charge in [-0.15, -0.1) is 0 Å². The Morgan fingerprint density at radius 1 is 1.23 bits per heavy atom. The van der Waals surface area contributed by atoms with E-state index in [2.05, 4.69) is 17.2 Å². The van der Waals surface area contributed by atoms with Crippen molar-refractivity contribution in [1.29, 1.82) is 0 Å². The molecule has 1 fully saturated rings. The highest BCUT2D eigenvalue weighted by molar-refractivity contribution is 5.89. The molecule has 2 atom stereocenters. The first-order valence-corrected chi connectivity index (χ1v) is 6.45. The lowest BCUT2D eigenvalue weighted by atomic mass is 10.1. The molecular weight excluding hydrogens is 299 g/mol. The molecule has 0 spiro atoms. The van der Waals surface area contributed by atoms with Gasteiger partial charge in [0.05, 0.1) is 23.9 Å². The molecule has 116 valence electrons. The number of amides is 1. The predicted molar refractivity (Wildman–Crippen MR) is 70.6 cm³/mol. The molecule has 0 radical (unpaired) electrons. The van der Waals surface area contributed by atoms with Crippen molar-refractivity contribution in [1.82, 2.24) is 5.32 Å². The third-order valence-corrected chi connectivity index (χ3v) is 3.24. The van der Waals surface area contributed by atoms with E-state index in [4.69, 9.17) is 5.11 Å². The maximum atomic E-state index is 12.4. The molecule has 2 rings (SSSR count). The van der Waals surface area contributed by atoms with Crippen molar-refractivity contribution in [3.8, 4) is 11.8 Å². The highest BCUT2D eigenvalue weighted by Gasteiger charge is 2.48. The third-order valence-electron chi connectivity index (χ3n) is 3.24. The Hall–Kier alpha value is -2.49. The number of nitrogens with one attached hydrogen (secondary N) is 1.